The van der Waals surface area contributed by atoms with Crippen LogP contribution in [0.25, 0.3) is 11.1 Å². The number of hydrogen-bond acceptors (Lipinski definition) is 4. The highest BCUT2D eigenvalue weighted by atomic mass is 15.1. The first-order chi connectivity index (χ1) is 12.2. The zero-order valence-corrected chi connectivity index (χ0v) is 14.3. The maximum absolute atomic E-state index is 5.97. The van der Waals surface area contributed by atoms with Gasteiger partial charge in [0, 0.05) is 30.0 Å². The zero-order chi connectivity index (χ0) is 17.2. The van der Waals surface area contributed by atoms with E-state index in [2.05, 4.69) is 51.7 Å². The van der Waals surface area contributed by atoms with Crippen molar-refractivity contribution >= 4 is 5.95 Å². The smallest absolute Gasteiger partial charge is 0.222 e. The van der Waals surface area contributed by atoms with Crippen LogP contribution >= 0.6 is 0 Å². The van der Waals surface area contributed by atoms with Crippen molar-refractivity contribution in [3.8, 4) is 11.1 Å². The molecule has 0 amide bonds. The van der Waals surface area contributed by atoms with Crippen LogP contribution in [0.4, 0.5) is 5.95 Å². The molecule has 4 heteroatoms. The van der Waals surface area contributed by atoms with Gasteiger partial charge >= 0.3 is 0 Å². The predicted molar refractivity (Wildman–Crippen MR) is 101 cm³/mol. The topological polar surface area (TPSA) is 63.8 Å². The maximum Gasteiger partial charge on any atom is 0.222 e. The van der Waals surface area contributed by atoms with Gasteiger partial charge in [-0.25, -0.2) is 9.97 Å². The van der Waals surface area contributed by atoms with E-state index in [-0.39, 0.29) is 6.04 Å². The van der Waals surface area contributed by atoms with Gasteiger partial charge in [-0.3, -0.25) is 0 Å². The molecule has 1 aliphatic carbocycles. The van der Waals surface area contributed by atoms with Gasteiger partial charge in [0.1, 0.15) is 0 Å². The summed E-state index contributed by atoms with van der Waals surface area (Å²) in [6.45, 7) is 1.99. The minimum absolute atomic E-state index is 0.0193. The lowest BCUT2D eigenvalue weighted by Crippen LogP contribution is -2.20. The highest BCUT2D eigenvalue weighted by molar-refractivity contribution is 5.63. The summed E-state index contributed by atoms with van der Waals surface area (Å²) in [7, 11) is 0. The molecule has 0 aliphatic heterocycles. The van der Waals surface area contributed by atoms with Crippen molar-refractivity contribution in [2.75, 3.05) is 5.32 Å². The minimum atomic E-state index is 0.0193. The summed E-state index contributed by atoms with van der Waals surface area (Å²) < 4.78 is 0. The van der Waals surface area contributed by atoms with Crippen molar-refractivity contribution in [2.24, 2.45) is 5.73 Å². The Morgan fingerprint density at radius 3 is 2.28 bits per heavy atom. The lowest BCUT2D eigenvalue weighted by Gasteiger charge is -2.12. The molecule has 3 N–H and O–H groups in total. The molecule has 0 radical (unpaired) electrons. The number of nitrogens with zero attached hydrogens (tertiary/aromatic N) is 2. The standard InChI is InChI=1S/C21H22N4/c1-14(22)15-7-4-8-16(9-15)19-12-23-21(24-13-19)25-20-10-17-5-2-3-6-18(17)11-20/h2-9,12-14,20H,10-11,22H2,1H3,(H,23,24,25)/t14-/m1/s1. The fourth-order valence-electron chi connectivity index (χ4n) is 3.40. The van der Waals surface area contributed by atoms with E-state index in [0.29, 0.717) is 12.0 Å². The quantitative estimate of drug-likeness (QED) is 0.765. The van der Waals surface area contributed by atoms with Gasteiger partial charge in [0.15, 0.2) is 0 Å². The number of anilines is 1. The van der Waals surface area contributed by atoms with Crippen LogP contribution in [-0.2, 0) is 12.8 Å². The molecule has 25 heavy (non-hydrogen) atoms. The summed E-state index contributed by atoms with van der Waals surface area (Å²) in [4.78, 5) is 9.00. The summed E-state index contributed by atoms with van der Waals surface area (Å²) in [6.07, 6.45) is 5.80. The average molecular weight is 330 g/mol. The zero-order valence-electron chi connectivity index (χ0n) is 14.3. The predicted octanol–water partition coefficient (Wildman–Crippen LogP) is 3.74. The van der Waals surface area contributed by atoms with Crippen LogP contribution in [0.1, 0.15) is 29.7 Å². The third-order valence-corrected chi connectivity index (χ3v) is 4.78. The van der Waals surface area contributed by atoms with Gasteiger partial charge in [0.05, 0.1) is 0 Å². The van der Waals surface area contributed by atoms with E-state index in [4.69, 9.17) is 5.73 Å². The first-order valence-corrected chi connectivity index (χ1v) is 8.70. The highest BCUT2D eigenvalue weighted by Crippen LogP contribution is 2.25. The summed E-state index contributed by atoms with van der Waals surface area (Å²) in [5.74, 6) is 0.685. The van der Waals surface area contributed by atoms with Crippen LogP contribution in [-0.4, -0.2) is 16.0 Å². The second kappa shape index (κ2) is 6.65. The van der Waals surface area contributed by atoms with E-state index in [0.717, 1.165) is 29.5 Å². The van der Waals surface area contributed by atoms with Gasteiger partial charge in [0.25, 0.3) is 0 Å². The van der Waals surface area contributed by atoms with Crippen LogP contribution in [0, 0.1) is 0 Å². The fourth-order valence-corrected chi connectivity index (χ4v) is 3.40. The van der Waals surface area contributed by atoms with Crippen LogP contribution in [0.2, 0.25) is 0 Å². The highest BCUT2D eigenvalue weighted by Gasteiger charge is 2.21. The van der Waals surface area contributed by atoms with E-state index in [9.17, 15) is 0 Å². The third kappa shape index (κ3) is 3.39. The van der Waals surface area contributed by atoms with Crippen molar-refractivity contribution in [1.82, 2.24) is 9.97 Å². The van der Waals surface area contributed by atoms with E-state index >= 15 is 0 Å². The molecule has 0 unspecified atom stereocenters. The molecule has 0 bridgehead atoms. The van der Waals surface area contributed by atoms with Gasteiger partial charge in [-0.15, -0.1) is 0 Å². The number of fused-ring (bicyclic) bond motifs is 1. The van der Waals surface area contributed by atoms with Gasteiger partial charge in [-0.2, -0.15) is 0 Å². The van der Waals surface area contributed by atoms with Crippen LogP contribution in [0.15, 0.2) is 60.9 Å². The molecule has 1 atom stereocenters. The van der Waals surface area contributed by atoms with Gasteiger partial charge in [-0.1, -0.05) is 42.5 Å². The second-order valence-corrected chi connectivity index (χ2v) is 6.73. The molecule has 4 nitrogen and oxygen atoms in total. The third-order valence-electron chi connectivity index (χ3n) is 4.78. The average Bonchev–Trinajstić information content (AvgIpc) is 3.04. The van der Waals surface area contributed by atoms with E-state index in [1.54, 1.807) is 0 Å². The van der Waals surface area contributed by atoms with Crippen LogP contribution in [0.3, 0.4) is 0 Å². The Kier molecular flexibility index (Phi) is 4.20. The van der Waals surface area contributed by atoms with Crippen LogP contribution in [0.5, 0.6) is 0 Å². The number of hydrogen-bond donors (Lipinski definition) is 2. The number of rotatable bonds is 4. The SMILES string of the molecule is C[C@@H](N)c1cccc(-c2cnc(NC3Cc4ccccc4C3)nc2)c1. The van der Waals surface area contributed by atoms with Crippen molar-refractivity contribution in [3.05, 3.63) is 77.6 Å². The van der Waals surface area contributed by atoms with Crippen molar-refractivity contribution < 1.29 is 0 Å². The van der Waals surface area contributed by atoms with E-state index in [1.807, 2.05) is 31.5 Å². The number of aromatic nitrogens is 2. The Morgan fingerprint density at radius 1 is 0.960 bits per heavy atom. The summed E-state index contributed by atoms with van der Waals surface area (Å²) in [6, 6.07) is 17.2. The Bertz CT molecular complexity index is 846. The van der Waals surface area contributed by atoms with Crippen molar-refractivity contribution in [1.29, 1.82) is 0 Å². The minimum Gasteiger partial charge on any atom is -0.351 e. The molecule has 4 rings (SSSR count). The van der Waals surface area contributed by atoms with Gasteiger partial charge in [-0.05, 0) is 48.1 Å². The molecule has 0 saturated carbocycles. The fraction of sp³-hybridized carbons (Fsp3) is 0.238. The summed E-state index contributed by atoms with van der Waals surface area (Å²) >= 11 is 0. The molecule has 1 heterocycles. The molecule has 126 valence electrons. The molecule has 0 fully saturated rings. The summed E-state index contributed by atoms with van der Waals surface area (Å²) in [5.41, 5.74) is 12.0. The molecule has 0 spiro atoms. The largest absolute Gasteiger partial charge is 0.351 e. The van der Waals surface area contributed by atoms with Crippen LogP contribution < -0.4 is 11.1 Å². The number of benzene rings is 2. The Morgan fingerprint density at radius 2 is 1.64 bits per heavy atom. The first-order valence-electron chi connectivity index (χ1n) is 8.70. The Balaban J connectivity index is 1.47. The molecular weight excluding hydrogens is 308 g/mol. The normalized spacial score (nSPS) is 15.0. The van der Waals surface area contributed by atoms with Crippen molar-refractivity contribution in [2.45, 2.75) is 31.8 Å². The molecule has 1 aromatic heterocycles. The van der Waals surface area contributed by atoms with E-state index in [1.165, 1.54) is 11.1 Å². The van der Waals surface area contributed by atoms with Gasteiger partial charge in [0.2, 0.25) is 5.95 Å². The first kappa shape index (κ1) is 15.8. The monoisotopic (exact) mass is 330 g/mol. The number of nitrogens with two attached hydrogens (primary N) is 1. The molecule has 1 aliphatic rings. The lowest BCUT2D eigenvalue weighted by atomic mass is 10.0. The Hall–Kier alpha value is -2.72. The lowest BCUT2D eigenvalue weighted by molar-refractivity contribution is 0.761. The number of nitrogens with one attached hydrogen (secondary N) is 1. The molecule has 0 saturated heterocycles. The van der Waals surface area contributed by atoms with Crippen molar-refractivity contribution in [3.63, 3.8) is 0 Å². The molecular formula is C21H22N4. The molecule has 2 aromatic carbocycles. The molecule has 3 aromatic rings. The maximum atomic E-state index is 5.97. The van der Waals surface area contributed by atoms with Gasteiger partial charge < -0.3 is 11.1 Å². The summed E-state index contributed by atoms with van der Waals surface area (Å²) in [5, 5.41) is 3.45. The van der Waals surface area contributed by atoms with E-state index < -0.39 is 0 Å². The Labute approximate surface area is 148 Å². The second-order valence-electron chi connectivity index (χ2n) is 6.73.